The molecular weight excluding hydrogens is 299 g/mol. The zero-order chi connectivity index (χ0) is 15.3. The number of ether oxygens (including phenoxy) is 1. The van der Waals surface area contributed by atoms with Crippen LogP contribution in [0.2, 0.25) is 10.0 Å². The topological polar surface area (TPSA) is 50.4 Å². The van der Waals surface area contributed by atoms with Gasteiger partial charge in [-0.25, -0.2) is 4.79 Å². The molecule has 0 aliphatic heterocycles. The molecule has 1 rings (SSSR count). The minimum atomic E-state index is -0.507. The number of nitrogens with one attached hydrogen (secondary N) is 2. The SMILES string of the molecule is CC(CNC(=O)OC(C)(C)C)Nc1c(Cl)cccc1Cl. The molecule has 0 radical (unpaired) electrons. The Kier molecular flexibility index (Phi) is 5.96. The summed E-state index contributed by atoms with van der Waals surface area (Å²) in [5.41, 5.74) is 0.154. The normalized spacial score (nSPS) is 12.7. The molecule has 0 spiro atoms. The van der Waals surface area contributed by atoms with E-state index < -0.39 is 11.7 Å². The first-order chi connectivity index (χ1) is 9.19. The Bertz CT molecular complexity index is 452. The fourth-order valence-electron chi connectivity index (χ4n) is 1.48. The van der Waals surface area contributed by atoms with Gasteiger partial charge in [0.05, 0.1) is 15.7 Å². The molecule has 0 heterocycles. The number of para-hydroxylation sites is 1. The van der Waals surface area contributed by atoms with Gasteiger partial charge in [0.1, 0.15) is 5.60 Å². The molecule has 1 atom stereocenters. The first-order valence-electron chi connectivity index (χ1n) is 6.36. The number of benzene rings is 1. The van der Waals surface area contributed by atoms with Crippen LogP contribution < -0.4 is 10.6 Å². The molecule has 112 valence electrons. The number of amides is 1. The lowest BCUT2D eigenvalue weighted by Gasteiger charge is -2.22. The lowest BCUT2D eigenvalue weighted by Crippen LogP contribution is -2.38. The first kappa shape index (κ1) is 16.9. The predicted octanol–water partition coefficient (Wildman–Crippen LogP) is 4.32. The van der Waals surface area contributed by atoms with Gasteiger partial charge in [0.2, 0.25) is 0 Å². The summed E-state index contributed by atoms with van der Waals surface area (Å²) in [5, 5.41) is 6.94. The van der Waals surface area contributed by atoms with Gasteiger partial charge in [0, 0.05) is 12.6 Å². The van der Waals surface area contributed by atoms with Crippen LogP contribution >= 0.6 is 23.2 Å². The third-order valence-corrected chi connectivity index (χ3v) is 2.93. The summed E-state index contributed by atoms with van der Waals surface area (Å²) in [6, 6.07) is 5.24. The highest BCUT2D eigenvalue weighted by Gasteiger charge is 2.16. The van der Waals surface area contributed by atoms with E-state index in [1.165, 1.54) is 0 Å². The van der Waals surface area contributed by atoms with Crippen LogP contribution in [0, 0.1) is 0 Å². The Balaban J connectivity index is 2.48. The van der Waals surface area contributed by atoms with Crippen LogP contribution in [0.15, 0.2) is 18.2 Å². The van der Waals surface area contributed by atoms with Gasteiger partial charge >= 0.3 is 6.09 Å². The minimum Gasteiger partial charge on any atom is -0.444 e. The highest BCUT2D eigenvalue weighted by Crippen LogP contribution is 2.30. The van der Waals surface area contributed by atoms with Crippen LogP contribution in [0.3, 0.4) is 0 Å². The van der Waals surface area contributed by atoms with Crippen LogP contribution in [0.4, 0.5) is 10.5 Å². The maximum Gasteiger partial charge on any atom is 0.407 e. The quantitative estimate of drug-likeness (QED) is 0.869. The molecule has 1 aromatic carbocycles. The van der Waals surface area contributed by atoms with Gasteiger partial charge in [0.25, 0.3) is 0 Å². The van der Waals surface area contributed by atoms with Crippen molar-refractivity contribution >= 4 is 35.0 Å². The van der Waals surface area contributed by atoms with E-state index in [2.05, 4.69) is 10.6 Å². The maximum atomic E-state index is 11.5. The van der Waals surface area contributed by atoms with Gasteiger partial charge in [-0.15, -0.1) is 0 Å². The number of rotatable bonds is 4. The maximum absolute atomic E-state index is 11.5. The smallest absolute Gasteiger partial charge is 0.407 e. The first-order valence-corrected chi connectivity index (χ1v) is 7.12. The van der Waals surface area contributed by atoms with E-state index in [1.807, 2.05) is 27.7 Å². The highest BCUT2D eigenvalue weighted by atomic mass is 35.5. The fourth-order valence-corrected chi connectivity index (χ4v) is 1.99. The molecule has 6 heteroatoms. The minimum absolute atomic E-state index is 0.0417. The molecule has 1 unspecified atom stereocenters. The Labute approximate surface area is 129 Å². The second-order valence-corrected chi connectivity index (χ2v) is 6.34. The Hall–Kier alpha value is -1.13. The Morgan fingerprint density at radius 1 is 1.30 bits per heavy atom. The molecule has 0 aromatic heterocycles. The van der Waals surface area contributed by atoms with E-state index in [9.17, 15) is 4.79 Å². The number of carbonyl (C=O) groups excluding carboxylic acids is 1. The van der Waals surface area contributed by atoms with Crippen molar-refractivity contribution in [1.29, 1.82) is 0 Å². The number of hydrogen-bond donors (Lipinski definition) is 2. The van der Waals surface area contributed by atoms with Crippen LogP contribution in [0.5, 0.6) is 0 Å². The third-order valence-electron chi connectivity index (χ3n) is 2.30. The standard InChI is InChI=1S/C14H20Cl2N2O2/c1-9(8-17-13(19)20-14(2,3)4)18-12-10(15)6-5-7-11(12)16/h5-7,9,18H,8H2,1-4H3,(H,17,19). The zero-order valence-electron chi connectivity index (χ0n) is 12.1. The highest BCUT2D eigenvalue weighted by molar-refractivity contribution is 6.39. The van der Waals surface area contributed by atoms with Crippen molar-refractivity contribution in [3.05, 3.63) is 28.2 Å². The van der Waals surface area contributed by atoms with Crippen LogP contribution in [-0.2, 0) is 4.74 Å². The van der Waals surface area contributed by atoms with E-state index in [1.54, 1.807) is 18.2 Å². The number of halogens is 2. The van der Waals surface area contributed by atoms with Gasteiger partial charge in [-0.3, -0.25) is 0 Å². The van der Waals surface area contributed by atoms with E-state index in [4.69, 9.17) is 27.9 Å². The summed E-state index contributed by atoms with van der Waals surface area (Å²) < 4.78 is 5.16. The van der Waals surface area contributed by atoms with Crippen molar-refractivity contribution in [2.45, 2.75) is 39.3 Å². The molecule has 0 fully saturated rings. The molecule has 1 aromatic rings. The lowest BCUT2D eigenvalue weighted by molar-refractivity contribution is 0.0526. The van der Waals surface area contributed by atoms with Gasteiger partial charge < -0.3 is 15.4 Å². The van der Waals surface area contributed by atoms with E-state index in [0.29, 0.717) is 22.3 Å². The van der Waals surface area contributed by atoms with Gasteiger partial charge in [-0.1, -0.05) is 29.3 Å². The molecular formula is C14H20Cl2N2O2. The van der Waals surface area contributed by atoms with E-state index in [0.717, 1.165) is 0 Å². The number of anilines is 1. The zero-order valence-corrected chi connectivity index (χ0v) is 13.6. The lowest BCUT2D eigenvalue weighted by atomic mass is 10.2. The third kappa shape index (κ3) is 5.88. The van der Waals surface area contributed by atoms with E-state index in [-0.39, 0.29) is 6.04 Å². The number of carbonyl (C=O) groups is 1. The molecule has 0 aliphatic rings. The Morgan fingerprint density at radius 2 is 1.85 bits per heavy atom. The second-order valence-electron chi connectivity index (χ2n) is 5.52. The van der Waals surface area contributed by atoms with Crippen LogP contribution in [-0.4, -0.2) is 24.3 Å². The average molecular weight is 319 g/mol. The predicted molar refractivity (Wildman–Crippen MR) is 83.8 cm³/mol. The molecule has 4 nitrogen and oxygen atoms in total. The van der Waals surface area contributed by atoms with Crippen molar-refractivity contribution in [2.24, 2.45) is 0 Å². The van der Waals surface area contributed by atoms with Crippen molar-refractivity contribution in [2.75, 3.05) is 11.9 Å². The second kappa shape index (κ2) is 7.04. The summed E-state index contributed by atoms with van der Waals surface area (Å²) in [4.78, 5) is 11.5. The van der Waals surface area contributed by atoms with Gasteiger partial charge in [0.15, 0.2) is 0 Å². The molecule has 0 bridgehead atoms. The fraction of sp³-hybridized carbons (Fsp3) is 0.500. The largest absolute Gasteiger partial charge is 0.444 e. The monoisotopic (exact) mass is 318 g/mol. The van der Waals surface area contributed by atoms with Gasteiger partial charge in [-0.2, -0.15) is 0 Å². The average Bonchev–Trinajstić information content (AvgIpc) is 2.29. The van der Waals surface area contributed by atoms with Crippen molar-refractivity contribution < 1.29 is 9.53 Å². The molecule has 20 heavy (non-hydrogen) atoms. The van der Waals surface area contributed by atoms with Crippen LogP contribution in [0.25, 0.3) is 0 Å². The van der Waals surface area contributed by atoms with Crippen molar-refractivity contribution in [3.8, 4) is 0 Å². The Morgan fingerprint density at radius 3 is 2.35 bits per heavy atom. The van der Waals surface area contributed by atoms with Crippen molar-refractivity contribution in [1.82, 2.24) is 5.32 Å². The number of alkyl carbamates (subject to hydrolysis) is 1. The summed E-state index contributed by atoms with van der Waals surface area (Å²) in [5.74, 6) is 0. The molecule has 0 aliphatic carbocycles. The molecule has 0 saturated heterocycles. The summed E-state index contributed by atoms with van der Waals surface area (Å²) in [6.45, 7) is 7.76. The molecule has 0 saturated carbocycles. The molecule has 2 N–H and O–H groups in total. The van der Waals surface area contributed by atoms with Crippen molar-refractivity contribution in [3.63, 3.8) is 0 Å². The summed E-state index contributed by atoms with van der Waals surface area (Å²) in [7, 11) is 0. The van der Waals surface area contributed by atoms with E-state index >= 15 is 0 Å². The molecule has 1 amide bonds. The summed E-state index contributed by atoms with van der Waals surface area (Å²) in [6.07, 6.45) is -0.448. The number of hydrogen-bond acceptors (Lipinski definition) is 3. The summed E-state index contributed by atoms with van der Waals surface area (Å²) >= 11 is 12.1. The van der Waals surface area contributed by atoms with Gasteiger partial charge in [-0.05, 0) is 39.8 Å². The van der Waals surface area contributed by atoms with Crippen LogP contribution in [0.1, 0.15) is 27.7 Å².